The molecule has 7 nitrogen and oxygen atoms in total. The summed E-state index contributed by atoms with van der Waals surface area (Å²) in [6.07, 6.45) is 1.36. The van der Waals surface area contributed by atoms with Gasteiger partial charge in [-0.2, -0.15) is 20.0 Å². The second-order valence-electron chi connectivity index (χ2n) is 4.08. The Balaban J connectivity index is 2.14. The molecule has 0 fully saturated rings. The van der Waals surface area contributed by atoms with Crippen LogP contribution in [0.3, 0.4) is 0 Å². The molecule has 0 saturated carbocycles. The van der Waals surface area contributed by atoms with E-state index in [1.54, 1.807) is 24.3 Å². The lowest BCUT2D eigenvalue weighted by Crippen LogP contribution is -2.27. The van der Waals surface area contributed by atoms with Gasteiger partial charge in [0.15, 0.2) is 0 Å². The zero-order valence-electron chi connectivity index (χ0n) is 9.78. The van der Waals surface area contributed by atoms with Crippen LogP contribution in [0.4, 0.5) is 5.95 Å². The van der Waals surface area contributed by atoms with Gasteiger partial charge in [0, 0.05) is 0 Å². The second-order valence-corrected chi connectivity index (χ2v) is 4.08. The Morgan fingerprint density at radius 1 is 1.47 bits per heavy atom. The highest BCUT2D eigenvalue weighted by Gasteiger charge is 2.28. The zero-order chi connectivity index (χ0) is 13.4. The Labute approximate surface area is 108 Å². The lowest BCUT2D eigenvalue weighted by Gasteiger charge is -2.25. The SMILES string of the molecule is N#CC1=C(N)n2ncnc2NC1c1cccc(O)c1. The van der Waals surface area contributed by atoms with Gasteiger partial charge in [0.2, 0.25) is 5.95 Å². The number of aromatic hydroxyl groups is 1. The largest absolute Gasteiger partial charge is 0.508 e. The second kappa shape index (κ2) is 4.03. The molecule has 4 N–H and O–H groups in total. The Hall–Kier alpha value is -3.01. The van der Waals surface area contributed by atoms with Crippen molar-refractivity contribution in [3.63, 3.8) is 0 Å². The van der Waals surface area contributed by atoms with Crippen molar-refractivity contribution in [2.75, 3.05) is 5.32 Å². The molecule has 7 heteroatoms. The van der Waals surface area contributed by atoms with Crippen molar-refractivity contribution >= 4 is 11.8 Å². The molecule has 2 aromatic rings. The smallest absolute Gasteiger partial charge is 0.228 e. The number of rotatable bonds is 1. The predicted molar refractivity (Wildman–Crippen MR) is 67.5 cm³/mol. The quantitative estimate of drug-likeness (QED) is 0.693. The molecule has 1 aliphatic rings. The van der Waals surface area contributed by atoms with Gasteiger partial charge in [-0.05, 0) is 17.7 Å². The minimum atomic E-state index is -0.450. The predicted octanol–water partition coefficient (Wildman–Crippen LogP) is 0.801. The molecule has 0 aliphatic carbocycles. The molecule has 0 radical (unpaired) electrons. The van der Waals surface area contributed by atoms with Gasteiger partial charge >= 0.3 is 0 Å². The summed E-state index contributed by atoms with van der Waals surface area (Å²) in [5.41, 5.74) is 6.99. The van der Waals surface area contributed by atoms with Crippen LogP contribution >= 0.6 is 0 Å². The van der Waals surface area contributed by atoms with Crippen molar-refractivity contribution in [1.82, 2.24) is 14.8 Å². The zero-order valence-corrected chi connectivity index (χ0v) is 9.78. The molecule has 1 atom stereocenters. The highest BCUT2D eigenvalue weighted by Crippen LogP contribution is 2.33. The number of phenols is 1. The normalized spacial score (nSPS) is 17.5. The molecule has 0 bridgehead atoms. The topological polar surface area (TPSA) is 113 Å². The average Bonchev–Trinajstić information content (AvgIpc) is 2.87. The monoisotopic (exact) mass is 254 g/mol. The highest BCUT2D eigenvalue weighted by atomic mass is 16.3. The van der Waals surface area contributed by atoms with Gasteiger partial charge < -0.3 is 16.2 Å². The van der Waals surface area contributed by atoms with Crippen LogP contribution < -0.4 is 11.1 Å². The number of phenolic OH excluding ortho intramolecular Hbond substituents is 1. The molecule has 3 rings (SSSR count). The molecule has 2 heterocycles. The summed E-state index contributed by atoms with van der Waals surface area (Å²) in [5, 5.41) is 25.8. The van der Waals surface area contributed by atoms with Gasteiger partial charge in [0.05, 0.1) is 11.6 Å². The van der Waals surface area contributed by atoms with Crippen LogP contribution in [0.2, 0.25) is 0 Å². The van der Waals surface area contributed by atoms with Gasteiger partial charge in [0.1, 0.15) is 24.0 Å². The van der Waals surface area contributed by atoms with E-state index in [0.717, 1.165) is 5.56 Å². The van der Waals surface area contributed by atoms with E-state index in [1.165, 1.54) is 11.0 Å². The van der Waals surface area contributed by atoms with Crippen LogP contribution in [0, 0.1) is 11.3 Å². The van der Waals surface area contributed by atoms with E-state index < -0.39 is 6.04 Å². The Morgan fingerprint density at radius 2 is 2.32 bits per heavy atom. The van der Waals surface area contributed by atoms with Gasteiger partial charge in [-0.3, -0.25) is 0 Å². The van der Waals surface area contributed by atoms with E-state index in [-0.39, 0.29) is 11.6 Å². The van der Waals surface area contributed by atoms with Crippen LogP contribution in [0.25, 0.3) is 5.82 Å². The van der Waals surface area contributed by atoms with Crippen LogP contribution in [0.5, 0.6) is 5.75 Å². The summed E-state index contributed by atoms with van der Waals surface area (Å²) in [6, 6.07) is 8.27. The van der Waals surface area contributed by atoms with E-state index in [0.29, 0.717) is 11.5 Å². The molecule has 0 amide bonds. The molecule has 0 spiro atoms. The minimum Gasteiger partial charge on any atom is -0.508 e. The Morgan fingerprint density at radius 3 is 3.05 bits per heavy atom. The third-order valence-electron chi connectivity index (χ3n) is 2.94. The van der Waals surface area contributed by atoms with Crippen LogP contribution in [-0.2, 0) is 0 Å². The number of hydrogen-bond acceptors (Lipinski definition) is 6. The summed E-state index contributed by atoms with van der Waals surface area (Å²) in [7, 11) is 0. The lowest BCUT2D eigenvalue weighted by molar-refractivity contribution is 0.474. The van der Waals surface area contributed by atoms with E-state index in [4.69, 9.17) is 5.73 Å². The fraction of sp³-hybridized carbons (Fsp3) is 0.0833. The summed E-state index contributed by atoms with van der Waals surface area (Å²) >= 11 is 0. The fourth-order valence-electron chi connectivity index (χ4n) is 2.06. The highest BCUT2D eigenvalue weighted by molar-refractivity contribution is 5.65. The van der Waals surface area contributed by atoms with Gasteiger partial charge in [-0.1, -0.05) is 12.1 Å². The number of fused-ring (bicyclic) bond motifs is 1. The van der Waals surface area contributed by atoms with Crippen LogP contribution in [0.1, 0.15) is 11.6 Å². The maximum Gasteiger partial charge on any atom is 0.228 e. The molecule has 19 heavy (non-hydrogen) atoms. The number of benzene rings is 1. The third kappa shape index (κ3) is 1.66. The lowest BCUT2D eigenvalue weighted by atomic mass is 9.98. The maximum absolute atomic E-state index is 9.53. The van der Waals surface area contributed by atoms with Gasteiger partial charge in [-0.15, -0.1) is 0 Å². The van der Waals surface area contributed by atoms with E-state index in [2.05, 4.69) is 21.5 Å². The third-order valence-corrected chi connectivity index (χ3v) is 2.94. The first-order valence-corrected chi connectivity index (χ1v) is 5.56. The van der Waals surface area contributed by atoms with Gasteiger partial charge in [0.25, 0.3) is 0 Å². The first kappa shape index (κ1) is 11.1. The molecule has 1 unspecified atom stereocenters. The van der Waals surface area contributed by atoms with Gasteiger partial charge in [-0.25, -0.2) is 0 Å². The van der Waals surface area contributed by atoms with Crippen LogP contribution in [0.15, 0.2) is 36.2 Å². The molecule has 0 saturated heterocycles. The molecule has 1 aliphatic heterocycles. The van der Waals surface area contributed by atoms with Crippen molar-refractivity contribution in [1.29, 1.82) is 5.26 Å². The Bertz CT molecular complexity index is 711. The molecule has 94 valence electrons. The maximum atomic E-state index is 9.53. The summed E-state index contributed by atoms with van der Waals surface area (Å²) < 4.78 is 1.37. The molecule has 1 aromatic heterocycles. The number of nitrogens with one attached hydrogen (secondary N) is 1. The van der Waals surface area contributed by atoms with Crippen LogP contribution in [-0.4, -0.2) is 19.9 Å². The standard InChI is InChI=1S/C12H10N6O/c13-5-9-10(7-2-1-3-8(19)4-7)17-12-15-6-16-18(12)11(9)14/h1-4,6,10,19H,14H2,(H,15,16,17). The fourth-order valence-corrected chi connectivity index (χ4v) is 2.06. The molecule has 1 aromatic carbocycles. The number of nitrogens with two attached hydrogens (primary N) is 1. The molecular weight excluding hydrogens is 244 g/mol. The first-order chi connectivity index (χ1) is 9.20. The van der Waals surface area contributed by atoms with Crippen molar-refractivity contribution in [2.24, 2.45) is 5.73 Å². The summed E-state index contributed by atoms with van der Waals surface area (Å²) in [6.45, 7) is 0. The van der Waals surface area contributed by atoms with Crippen molar-refractivity contribution < 1.29 is 5.11 Å². The first-order valence-electron chi connectivity index (χ1n) is 5.56. The van der Waals surface area contributed by atoms with Crippen molar-refractivity contribution in [2.45, 2.75) is 6.04 Å². The van der Waals surface area contributed by atoms with Crippen molar-refractivity contribution in [3.8, 4) is 11.8 Å². The minimum absolute atomic E-state index is 0.127. The number of nitriles is 1. The number of aromatic nitrogens is 3. The van der Waals surface area contributed by atoms with E-state index >= 15 is 0 Å². The number of anilines is 1. The van der Waals surface area contributed by atoms with E-state index in [9.17, 15) is 10.4 Å². The van der Waals surface area contributed by atoms with E-state index in [1.807, 2.05) is 0 Å². The average molecular weight is 254 g/mol. The van der Waals surface area contributed by atoms with Crippen molar-refractivity contribution in [3.05, 3.63) is 41.7 Å². The summed E-state index contributed by atoms with van der Waals surface area (Å²) in [5.74, 6) is 0.828. The number of nitrogens with zero attached hydrogens (tertiary/aromatic N) is 4. The molecular formula is C12H10N6O. The summed E-state index contributed by atoms with van der Waals surface area (Å²) in [4.78, 5) is 4.03. The Kier molecular flexibility index (Phi) is 2.35. The number of hydrogen-bond donors (Lipinski definition) is 3.